The number of nitrogens with zero attached hydrogens (tertiary/aromatic N) is 2. The molecule has 4 N–H and O–H groups in total. The first-order valence-electron chi connectivity index (χ1n) is 8.94. The Hall–Kier alpha value is -2.89. The van der Waals surface area contributed by atoms with Crippen LogP contribution in [0, 0.1) is 23.4 Å². The van der Waals surface area contributed by atoms with Crippen molar-refractivity contribution in [3.05, 3.63) is 53.6 Å². The van der Waals surface area contributed by atoms with Gasteiger partial charge in [-0.2, -0.15) is 4.37 Å². The van der Waals surface area contributed by atoms with E-state index in [1.807, 2.05) is 0 Å². The number of rotatable bonds is 6. The van der Waals surface area contributed by atoms with Crippen molar-refractivity contribution in [1.82, 2.24) is 14.7 Å². The summed E-state index contributed by atoms with van der Waals surface area (Å²) in [5, 5.41) is 6.08. The smallest absolute Gasteiger partial charge is 0.276 e. The molecule has 164 valence electrons. The third kappa shape index (κ3) is 4.73. The van der Waals surface area contributed by atoms with Gasteiger partial charge in [0.05, 0.1) is 24.1 Å². The molecule has 1 saturated heterocycles. The number of carbonyl (C=O) groups is 1. The van der Waals surface area contributed by atoms with Crippen LogP contribution in [0.15, 0.2) is 30.5 Å². The van der Waals surface area contributed by atoms with Crippen molar-refractivity contribution in [2.45, 2.75) is 0 Å². The SMILES string of the molecule is Cl.Nc1cc(F)c(-c2c(F)cccc2F)nc1C(=O)Nc1cnsc1OCC1CNC1. The third-order valence-electron chi connectivity index (χ3n) is 4.52. The maximum Gasteiger partial charge on any atom is 0.276 e. The van der Waals surface area contributed by atoms with Crippen molar-refractivity contribution in [2.75, 3.05) is 30.7 Å². The topological polar surface area (TPSA) is 102 Å². The van der Waals surface area contributed by atoms with Crippen LogP contribution in [-0.4, -0.2) is 35.0 Å². The van der Waals surface area contributed by atoms with Gasteiger partial charge in [0, 0.05) is 36.6 Å². The summed E-state index contributed by atoms with van der Waals surface area (Å²) in [5.41, 5.74) is 4.03. The Kier molecular flexibility index (Phi) is 6.98. The Balaban J connectivity index is 0.00000272. The van der Waals surface area contributed by atoms with E-state index in [-0.39, 0.29) is 23.8 Å². The van der Waals surface area contributed by atoms with E-state index in [0.29, 0.717) is 23.3 Å². The average molecular weight is 472 g/mol. The molecule has 0 unspecified atom stereocenters. The van der Waals surface area contributed by atoms with E-state index >= 15 is 0 Å². The number of hydrogen-bond acceptors (Lipinski definition) is 7. The second kappa shape index (κ2) is 9.50. The molecular weight excluding hydrogens is 455 g/mol. The molecule has 4 rings (SSSR count). The number of pyridine rings is 1. The van der Waals surface area contributed by atoms with Crippen LogP contribution in [-0.2, 0) is 0 Å². The van der Waals surface area contributed by atoms with Gasteiger partial charge in [-0.3, -0.25) is 4.79 Å². The molecule has 12 heteroatoms. The molecule has 0 atom stereocenters. The van der Waals surface area contributed by atoms with E-state index in [9.17, 15) is 18.0 Å². The molecule has 1 fully saturated rings. The second-order valence-corrected chi connectivity index (χ2v) is 7.43. The maximum absolute atomic E-state index is 14.4. The second-order valence-electron chi connectivity index (χ2n) is 6.67. The number of nitrogens with two attached hydrogens (primary N) is 1. The van der Waals surface area contributed by atoms with Gasteiger partial charge in [-0.15, -0.1) is 12.4 Å². The lowest BCUT2D eigenvalue weighted by atomic mass is 10.1. The molecule has 2 aromatic heterocycles. The molecule has 1 aliphatic rings. The van der Waals surface area contributed by atoms with Gasteiger partial charge in [0.1, 0.15) is 23.0 Å². The summed E-state index contributed by atoms with van der Waals surface area (Å²) in [5.74, 6) is -3.49. The minimum atomic E-state index is -1.05. The van der Waals surface area contributed by atoms with Crippen LogP contribution in [0.3, 0.4) is 0 Å². The van der Waals surface area contributed by atoms with Crippen LogP contribution >= 0.6 is 23.9 Å². The summed E-state index contributed by atoms with van der Waals surface area (Å²) < 4.78 is 52.2. The van der Waals surface area contributed by atoms with Crippen molar-refractivity contribution < 1.29 is 22.7 Å². The van der Waals surface area contributed by atoms with E-state index in [4.69, 9.17) is 10.5 Å². The Morgan fingerprint density at radius 3 is 2.61 bits per heavy atom. The summed E-state index contributed by atoms with van der Waals surface area (Å²) >= 11 is 1.06. The highest BCUT2D eigenvalue weighted by molar-refractivity contribution is 7.08. The molecule has 0 spiro atoms. The monoisotopic (exact) mass is 471 g/mol. The number of nitrogens with one attached hydrogen (secondary N) is 2. The predicted octanol–water partition coefficient (Wildman–Crippen LogP) is 3.48. The van der Waals surface area contributed by atoms with Crippen molar-refractivity contribution in [3.8, 4) is 16.3 Å². The summed E-state index contributed by atoms with van der Waals surface area (Å²) in [6.07, 6.45) is 1.40. The van der Waals surface area contributed by atoms with E-state index in [2.05, 4.69) is 20.0 Å². The Morgan fingerprint density at radius 2 is 1.97 bits per heavy atom. The summed E-state index contributed by atoms with van der Waals surface area (Å²) in [7, 11) is 0. The van der Waals surface area contributed by atoms with Crippen molar-refractivity contribution >= 4 is 41.2 Å². The molecule has 3 heterocycles. The lowest BCUT2D eigenvalue weighted by molar-refractivity contribution is 0.102. The van der Waals surface area contributed by atoms with Crippen molar-refractivity contribution in [2.24, 2.45) is 5.92 Å². The maximum atomic E-state index is 14.4. The number of carbonyl (C=O) groups excluding carboxylic acids is 1. The predicted molar refractivity (Wildman–Crippen MR) is 113 cm³/mol. The zero-order chi connectivity index (χ0) is 21.3. The zero-order valence-corrected chi connectivity index (χ0v) is 17.5. The van der Waals surface area contributed by atoms with Crippen LogP contribution in [0.1, 0.15) is 10.5 Å². The fourth-order valence-corrected chi connectivity index (χ4v) is 3.42. The van der Waals surface area contributed by atoms with Gasteiger partial charge in [-0.1, -0.05) is 6.07 Å². The summed E-state index contributed by atoms with van der Waals surface area (Å²) in [4.78, 5) is 16.5. The molecule has 31 heavy (non-hydrogen) atoms. The number of halogens is 4. The molecule has 1 amide bonds. The Labute approximate surface area is 185 Å². The largest absolute Gasteiger partial charge is 0.481 e. The lowest BCUT2D eigenvalue weighted by Crippen LogP contribution is -2.45. The van der Waals surface area contributed by atoms with Crippen molar-refractivity contribution in [1.29, 1.82) is 0 Å². The molecule has 1 aromatic carbocycles. The first kappa shape index (κ1) is 22.8. The molecule has 0 aliphatic carbocycles. The fourth-order valence-electron chi connectivity index (χ4n) is 2.84. The molecule has 0 radical (unpaired) electrons. The van der Waals surface area contributed by atoms with Crippen LogP contribution < -0.4 is 21.1 Å². The quantitative estimate of drug-likeness (QED) is 0.508. The highest BCUT2D eigenvalue weighted by Crippen LogP contribution is 2.32. The van der Waals surface area contributed by atoms with Crippen molar-refractivity contribution in [3.63, 3.8) is 0 Å². The number of ether oxygens (including phenoxy) is 1. The first-order valence-corrected chi connectivity index (χ1v) is 9.71. The summed E-state index contributed by atoms with van der Waals surface area (Å²) in [6.45, 7) is 2.17. The number of amides is 1. The normalized spacial score (nSPS) is 13.3. The fraction of sp³-hybridized carbons (Fsp3) is 0.211. The molecule has 1 aliphatic heterocycles. The van der Waals surface area contributed by atoms with Gasteiger partial charge in [-0.05, 0) is 12.1 Å². The zero-order valence-electron chi connectivity index (χ0n) is 15.8. The standard InChI is InChI=1S/C19H16F3N5O2S.ClH/c20-10-2-1-3-11(21)15(10)16-12(22)4-13(23)17(27-16)18(28)26-14-7-25-30-19(14)29-8-9-5-24-6-9;/h1-4,7,9,24H,5-6,8,23H2,(H,26,28);1H. The van der Waals surface area contributed by atoms with Crippen LogP contribution in [0.2, 0.25) is 0 Å². The Morgan fingerprint density at radius 1 is 1.26 bits per heavy atom. The van der Waals surface area contributed by atoms with E-state index < -0.39 is 34.6 Å². The highest BCUT2D eigenvalue weighted by atomic mass is 35.5. The van der Waals surface area contributed by atoms with Crippen LogP contribution in [0.25, 0.3) is 11.3 Å². The van der Waals surface area contributed by atoms with E-state index in [1.165, 1.54) is 6.20 Å². The number of benzene rings is 1. The van der Waals surface area contributed by atoms with Crippen LogP contribution in [0.5, 0.6) is 5.06 Å². The number of nitrogen functional groups attached to an aromatic ring is 1. The molecule has 0 bridgehead atoms. The lowest BCUT2D eigenvalue weighted by Gasteiger charge is -2.26. The van der Waals surface area contributed by atoms with Gasteiger partial charge >= 0.3 is 0 Å². The minimum absolute atomic E-state index is 0. The number of aromatic nitrogens is 2. The average Bonchev–Trinajstić information content (AvgIpc) is 3.08. The molecular formula is C19H17ClF3N5O2S. The number of anilines is 2. The van der Waals surface area contributed by atoms with Gasteiger partial charge in [0.15, 0.2) is 11.5 Å². The van der Waals surface area contributed by atoms with E-state index in [0.717, 1.165) is 48.9 Å². The van der Waals surface area contributed by atoms with Gasteiger partial charge < -0.3 is 21.1 Å². The first-order chi connectivity index (χ1) is 14.4. The van der Waals surface area contributed by atoms with E-state index in [1.54, 1.807) is 0 Å². The highest BCUT2D eigenvalue weighted by Gasteiger charge is 2.23. The molecule has 0 saturated carbocycles. The Bertz CT molecular complexity index is 1090. The number of hydrogen-bond donors (Lipinski definition) is 3. The third-order valence-corrected chi connectivity index (χ3v) is 5.24. The molecule has 7 nitrogen and oxygen atoms in total. The minimum Gasteiger partial charge on any atom is -0.481 e. The summed E-state index contributed by atoms with van der Waals surface area (Å²) in [6, 6.07) is 3.87. The van der Waals surface area contributed by atoms with Crippen LogP contribution in [0.4, 0.5) is 24.5 Å². The molecule has 3 aromatic rings. The van der Waals surface area contributed by atoms with Gasteiger partial charge in [-0.25, -0.2) is 18.2 Å². The van der Waals surface area contributed by atoms with Gasteiger partial charge in [0.25, 0.3) is 5.91 Å². The van der Waals surface area contributed by atoms with Gasteiger partial charge in [0.2, 0.25) is 5.06 Å².